The van der Waals surface area contributed by atoms with E-state index >= 15 is 0 Å². The Balaban J connectivity index is 0.00000169. The molecule has 4 nitrogen and oxygen atoms in total. The maximum atomic E-state index is 11.8. The number of nitrogens with zero attached hydrogens (tertiary/aromatic N) is 2. The van der Waals surface area contributed by atoms with E-state index in [9.17, 15) is 4.79 Å². The molecule has 0 bridgehead atoms. The van der Waals surface area contributed by atoms with E-state index in [-0.39, 0.29) is 18.4 Å². The monoisotopic (exact) mass is 221 g/mol. The number of carbonyl (C=O) groups is 1. The predicted molar refractivity (Wildman–Crippen MR) is 60.0 cm³/mol. The quantitative estimate of drug-likeness (QED) is 0.748. The smallest absolute Gasteiger partial charge is 0.320 e. The largest absolute Gasteiger partial charge is 0.325 e. The third kappa shape index (κ3) is 3.35. The average Bonchev–Trinajstić information content (AvgIpc) is 2.21. The standard InChI is InChI=1S/C9H19N3O.ClH/c1-3-11(4-2)9(13)12-7-5-10-6-8-12;/h10H,3-8H2,1-2H3;1H. The van der Waals surface area contributed by atoms with Crippen LogP contribution in [0.2, 0.25) is 0 Å². The van der Waals surface area contributed by atoms with Gasteiger partial charge in [0.25, 0.3) is 0 Å². The zero-order valence-corrected chi connectivity index (χ0v) is 9.77. The normalized spacial score (nSPS) is 16.0. The van der Waals surface area contributed by atoms with E-state index in [0.29, 0.717) is 0 Å². The highest BCUT2D eigenvalue weighted by Crippen LogP contribution is 2.00. The molecule has 0 aromatic heterocycles. The van der Waals surface area contributed by atoms with Crippen LogP contribution < -0.4 is 5.32 Å². The molecule has 1 rings (SSSR count). The van der Waals surface area contributed by atoms with E-state index in [1.165, 1.54) is 0 Å². The van der Waals surface area contributed by atoms with Crippen LogP contribution in [0.25, 0.3) is 0 Å². The summed E-state index contributed by atoms with van der Waals surface area (Å²) in [6.45, 7) is 9.18. The summed E-state index contributed by atoms with van der Waals surface area (Å²) in [5, 5.41) is 3.23. The molecule has 0 atom stereocenters. The van der Waals surface area contributed by atoms with Crippen molar-refractivity contribution in [2.75, 3.05) is 39.3 Å². The number of halogens is 1. The van der Waals surface area contributed by atoms with Crippen molar-refractivity contribution in [1.29, 1.82) is 0 Å². The number of hydrogen-bond acceptors (Lipinski definition) is 2. The van der Waals surface area contributed by atoms with Crippen molar-refractivity contribution in [1.82, 2.24) is 15.1 Å². The second-order valence-corrected chi connectivity index (χ2v) is 3.19. The van der Waals surface area contributed by atoms with Crippen molar-refractivity contribution >= 4 is 18.4 Å². The van der Waals surface area contributed by atoms with E-state index in [0.717, 1.165) is 39.3 Å². The van der Waals surface area contributed by atoms with E-state index < -0.39 is 0 Å². The third-order valence-corrected chi connectivity index (χ3v) is 2.42. The van der Waals surface area contributed by atoms with E-state index in [1.807, 2.05) is 23.6 Å². The molecule has 0 radical (unpaired) electrons. The third-order valence-electron chi connectivity index (χ3n) is 2.42. The number of carbonyl (C=O) groups excluding carboxylic acids is 1. The second kappa shape index (κ2) is 6.90. The molecule has 14 heavy (non-hydrogen) atoms. The first-order valence-corrected chi connectivity index (χ1v) is 5.04. The summed E-state index contributed by atoms with van der Waals surface area (Å²) in [6.07, 6.45) is 0. The molecule has 1 aliphatic heterocycles. The topological polar surface area (TPSA) is 35.6 Å². The molecule has 5 heteroatoms. The fraction of sp³-hybridized carbons (Fsp3) is 0.889. The van der Waals surface area contributed by atoms with Gasteiger partial charge in [-0.3, -0.25) is 0 Å². The van der Waals surface area contributed by atoms with Gasteiger partial charge in [-0.2, -0.15) is 0 Å². The summed E-state index contributed by atoms with van der Waals surface area (Å²) < 4.78 is 0. The van der Waals surface area contributed by atoms with Gasteiger partial charge in [0.1, 0.15) is 0 Å². The Labute approximate surface area is 92.0 Å². The Bertz CT molecular complexity index is 167. The lowest BCUT2D eigenvalue weighted by Gasteiger charge is -2.32. The van der Waals surface area contributed by atoms with Crippen molar-refractivity contribution in [3.63, 3.8) is 0 Å². The molecule has 2 amide bonds. The summed E-state index contributed by atoms with van der Waals surface area (Å²) in [4.78, 5) is 15.6. The van der Waals surface area contributed by atoms with Gasteiger partial charge in [0, 0.05) is 39.3 Å². The molecule has 0 aliphatic carbocycles. The maximum Gasteiger partial charge on any atom is 0.320 e. The highest BCUT2D eigenvalue weighted by atomic mass is 35.5. The van der Waals surface area contributed by atoms with Gasteiger partial charge >= 0.3 is 6.03 Å². The van der Waals surface area contributed by atoms with Gasteiger partial charge in [0.2, 0.25) is 0 Å². The van der Waals surface area contributed by atoms with Crippen LogP contribution in [0.3, 0.4) is 0 Å². The summed E-state index contributed by atoms with van der Waals surface area (Å²) in [5.41, 5.74) is 0. The summed E-state index contributed by atoms with van der Waals surface area (Å²) in [7, 11) is 0. The van der Waals surface area contributed by atoms with Gasteiger partial charge in [-0.05, 0) is 13.8 Å². The molecular weight excluding hydrogens is 202 g/mol. The van der Waals surface area contributed by atoms with Crippen LogP contribution in [0.5, 0.6) is 0 Å². The minimum atomic E-state index is 0. The van der Waals surface area contributed by atoms with E-state index in [2.05, 4.69) is 5.32 Å². The fourth-order valence-electron chi connectivity index (χ4n) is 1.55. The highest BCUT2D eigenvalue weighted by Gasteiger charge is 2.19. The SMILES string of the molecule is CCN(CC)C(=O)N1CCNCC1.Cl. The average molecular weight is 222 g/mol. The van der Waals surface area contributed by atoms with E-state index in [4.69, 9.17) is 0 Å². The van der Waals surface area contributed by atoms with Crippen molar-refractivity contribution < 1.29 is 4.79 Å². The molecule has 1 aliphatic rings. The first-order valence-electron chi connectivity index (χ1n) is 5.04. The van der Waals surface area contributed by atoms with Crippen LogP contribution >= 0.6 is 12.4 Å². The molecule has 0 unspecified atom stereocenters. The van der Waals surface area contributed by atoms with Crippen molar-refractivity contribution in [2.45, 2.75) is 13.8 Å². The zero-order chi connectivity index (χ0) is 9.68. The van der Waals surface area contributed by atoms with Gasteiger partial charge in [-0.15, -0.1) is 12.4 Å². The molecule has 0 spiro atoms. The Hall–Kier alpha value is -0.480. The van der Waals surface area contributed by atoms with Crippen LogP contribution in [0.1, 0.15) is 13.8 Å². The fourth-order valence-corrected chi connectivity index (χ4v) is 1.55. The van der Waals surface area contributed by atoms with Crippen LogP contribution in [-0.4, -0.2) is 55.1 Å². The minimum absolute atomic E-state index is 0. The number of hydrogen-bond donors (Lipinski definition) is 1. The van der Waals surface area contributed by atoms with Gasteiger partial charge < -0.3 is 15.1 Å². The lowest BCUT2D eigenvalue weighted by Crippen LogP contribution is -2.51. The predicted octanol–water partition coefficient (Wildman–Crippen LogP) is 0.775. The van der Waals surface area contributed by atoms with Crippen molar-refractivity contribution in [3.8, 4) is 0 Å². The van der Waals surface area contributed by atoms with Crippen LogP contribution in [-0.2, 0) is 0 Å². The number of amides is 2. The van der Waals surface area contributed by atoms with Crippen LogP contribution in [0, 0.1) is 0 Å². The Morgan fingerprint density at radius 2 is 1.79 bits per heavy atom. The molecule has 1 fully saturated rings. The van der Waals surface area contributed by atoms with Gasteiger partial charge in [-0.1, -0.05) is 0 Å². The summed E-state index contributed by atoms with van der Waals surface area (Å²) in [6, 6.07) is 0.187. The minimum Gasteiger partial charge on any atom is -0.325 e. The highest BCUT2D eigenvalue weighted by molar-refractivity contribution is 5.85. The maximum absolute atomic E-state index is 11.8. The Morgan fingerprint density at radius 3 is 2.21 bits per heavy atom. The number of nitrogens with one attached hydrogen (secondary N) is 1. The number of rotatable bonds is 2. The molecular formula is C9H20ClN3O. The van der Waals surface area contributed by atoms with E-state index in [1.54, 1.807) is 0 Å². The van der Waals surface area contributed by atoms with Gasteiger partial charge in [0.15, 0.2) is 0 Å². The summed E-state index contributed by atoms with van der Waals surface area (Å²) >= 11 is 0. The lowest BCUT2D eigenvalue weighted by molar-refractivity contribution is 0.151. The Morgan fingerprint density at radius 1 is 1.29 bits per heavy atom. The second-order valence-electron chi connectivity index (χ2n) is 3.19. The molecule has 0 saturated carbocycles. The molecule has 84 valence electrons. The van der Waals surface area contributed by atoms with Gasteiger partial charge in [-0.25, -0.2) is 4.79 Å². The van der Waals surface area contributed by atoms with Gasteiger partial charge in [0.05, 0.1) is 0 Å². The molecule has 1 saturated heterocycles. The molecule has 0 aromatic carbocycles. The first-order chi connectivity index (χ1) is 6.29. The summed E-state index contributed by atoms with van der Waals surface area (Å²) in [5.74, 6) is 0. The van der Waals surface area contributed by atoms with Crippen molar-refractivity contribution in [2.24, 2.45) is 0 Å². The van der Waals surface area contributed by atoms with Crippen LogP contribution in [0.4, 0.5) is 4.79 Å². The molecule has 0 aromatic rings. The number of urea groups is 1. The van der Waals surface area contributed by atoms with Crippen LogP contribution in [0.15, 0.2) is 0 Å². The van der Waals surface area contributed by atoms with Crippen molar-refractivity contribution in [3.05, 3.63) is 0 Å². The Kier molecular flexibility index (Phi) is 6.66. The lowest BCUT2D eigenvalue weighted by atomic mass is 10.4. The zero-order valence-electron chi connectivity index (χ0n) is 8.95. The number of piperazine rings is 1. The molecule has 1 N–H and O–H groups in total. The first kappa shape index (κ1) is 13.5. The molecule has 1 heterocycles.